The van der Waals surface area contributed by atoms with Crippen LogP contribution in [0.5, 0.6) is 0 Å². The highest BCUT2D eigenvalue weighted by Crippen LogP contribution is 2.16. The van der Waals surface area contributed by atoms with E-state index in [2.05, 4.69) is 17.5 Å². The lowest BCUT2D eigenvalue weighted by Gasteiger charge is -2.22. The summed E-state index contributed by atoms with van der Waals surface area (Å²) in [6, 6.07) is 7.40. The molecule has 1 N–H and O–H groups in total. The zero-order valence-corrected chi connectivity index (χ0v) is 11.9. The summed E-state index contributed by atoms with van der Waals surface area (Å²) in [4.78, 5) is 17.2. The van der Waals surface area contributed by atoms with Gasteiger partial charge in [-0.1, -0.05) is 12.1 Å². The van der Waals surface area contributed by atoms with Crippen LogP contribution in [0.25, 0.3) is 0 Å². The molecule has 1 saturated heterocycles. The minimum atomic E-state index is 0.0523. The largest absolute Gasteiger partial charge is 0.395 e. The third-order valence-corrected chi connectivity index (χ3v) is 3.82. The average Bonchev–Trinajstić information content (AvgIpc) is 2.65. The molecule has 0 aromatic heterocycles. The Labute approximate surface area is 119 Å². The smallest absolute Gasteiger partial charge is 0.255 e. The zero-order valence-electron chi connectivity index (χ0n) is 11.0. The van der Waals surface area contributed by atoms with Crippen LogP contribution >= 0.6 is 12.6 Å². The van der Waals surface area contributed by atoms with Gasteiger partial charge in [-0.15, -0.1) is 12.6 Å². The first-order valence-corrected chi connectivity index (χ1v) is 7.07. The van der Waals surface area contributed by atoms with E-state index in [1.807, 2.05) is 29.2 Å². The monoisotopic (exact) mass is 280 g/mol. The predicted molar refractivity (Wildman–Crippen MR) is 77.7 cm³/mol. The van der Waals surface area contributed by atoms with E-state index in [1.165, 1.54) is 0 Å². The SMILES string of the molecule is O=C(c1ccccc1S)N1CCCN(CCO)CC1. The number of carbonyl (C=O) groups is 1. The Morgan fingerprint density at radius 2 is 2.00 bits per heavy atom. The molecule has 0 radical (unpaired) electrons. The predicted octanol–water partition coefficient (Wildman–Crippen LogP) is 1.12. The van der Waals surface area contributed by atoms with Crippen LogP contribution in [0.4, 0.5) is 0 Å². The number of benzene rings is 1. The van der Waals surface area contributed by atoms with E-state index in [4.69, 9.17) is 5.11 Å². The number of β-amino-alcohol motifs (C(OH)–C–C–N with tert-alkyl or cyclic N) is 1. The molecule has 0 saturated carbocycles. The standard InChI is InChI=1S/C14H20N2O2S/c17-11-10-15-6-3-7-16(9-8-15)14(18)12-4-1-2-5-13(12)19/h1-2,4-5,17,19H,3,6-11H2. The number of aliphatic hydroxyl groups is 1. The Hall–Kier alpha value is -1.04. The van der Waals surface area contributed by atoms with Crippen molar-refractivity contribution in [3.63, 3.8) is 0 Å². The maximum absolute atomic E-state index is 12.4. The molecule has 4 nitrogen and oxygen atoms in total. The van der Waals surface area contributed by atoms with Crippen LogP contribution in [0.1, 0.15) is 16.8 Å². The maximum atomic E-state index is 12.4. The third-order valence-electron chi connectivity index (χ3n) is 3.43. The molecule has 104 valence electrons. The Balaban J connectivity index is 2.02. The molecular formula is C14H20N2O2S. The second-order valence-electron chi connectivity index (χ2n) is 4.73. The molecule has 1 aliphatic rings. The van der Waals surface area contributed by atoms with Gasteiger partial charge in [-0.2, -0.15) is 0 Å². The molecule has 2 rings (SSSR count). The number of rotatable bonds is 3. The highest BCUT2D eigenvalue weighted by Gasteiger charge is 2.21. The van der Waals surface area contributed by atoms with Crippen molar-refractivity contribution in [1.82, 2.24) is 9.80 Å². The molecule has 19 heavy (non-hydrogen) atoms. The Bertz CT molecular complexity index is 439. The molecule has 0 bridgehead atoms. The number of amides is 1. The quantitative estimate of drug-likeness (QED) is 0.815. The lowest BCUT2D eigenvalue weighted by atomic mass is 10.2. The molecule has 0 spiro atoms. The molecule has 0 atom stereocenters. The molecular weight excluding hydrogens is 260 g/mol. The molecule has 0 unspecified atom stereocenters. The first-order chi connectivity index (χ1) is 9.22. The van der Waals surface area contributed by atoms with Crippen molar-refractivity contribution < 1.29 is 9.90 Å². The van der Waals surface area contributed by atoms with Gasteiger partial charge in [0, 0.05) is 31.1 Å². The van der Waals surface area contributed by atoms with Gasteiger partial charge in [-0.05, 0) is 25.1 Å². The topological polar surface area (TPSA) is 43.8 Å². The van der Waals surface area contributed by atoms with Crippen LogP contribution in [0, 0.1) is 0 Å². The molecule has 1 aromatic rings. The summed E-state index contributed by atoms with van der Waals surface area (Å²) >= 11 is 4.34. The molecule has 1 fully saturated rings. The van der Waals surface area contributed by atoms with Gasteiger partial charge >= 0.3 is 0 Å². The number of aliphatic hydroxyl groups excluding tert-OH is 1. The highest BCUT2D eigenvalue weighted by molar-refractivity contribution is 7.80. The fraction of sp³-hybridized carbons (Fsp3) is 0.500. The molecule has 1 aromatic carbocycles. The lowest BCUT2D eigenvalue weighted by Crippen LogP contribution is -2.36. The van der Waals surface area contributed by atoms with E-state index in [9.17, 15) is 4.79 Å². The van der Waals surface area contributed by atoms with Gasteiger partial charge in [0.2, 0.25) is 0 Å². The van der Waals surface area contributed by atoms with Crippen molar-refractivity contribution in [2.45, 2.75) is 11.3 Å². The second-order valence-corrected chi connectivity index (χ2v) is 5.21. The minimum absolute atomic E-state index is 0.0523. The fourth-order valence-electron chi connectivity index (χ4n) is 2.36. The van der Waals surface area contributed by atoms with Crippen LogP contribution in [0.2, 0.25) is 0 Å². The zero-order chi connectivity index (χ0) is 13.7. The minimum Gasteiger partial charge on any atom is -0.395 e. The maximum Gasteiger partial charge on any atom is 0.255 e. The van der Waals surface area contributed by atoms with Gasteiger partial charge in [0.25, 0.3) is 5.91 Å². The first kappa shape index (κ1) is 14.4. The van der Waals surface area contributed by atoms with E-state index in [-0.39, 0.29) is 12.5 Å². The van der Waals surface area contributed by atoms with E-state index in [1.54, 1.807) is 0 Å². The van der Waals surface area contributed by atoms with Gasteiger partial charge in [0.15, 0.2) is 0 Å². The van der Waals surface area contributed by atoms with E-state index < -0.39 is 0 Å². The van der Waals surface area contributed by atoms with Crippen molar-refractivity contribution in [2.24, 2.45) is 0 Å². The van der Waals surface area contributed by atoms with Crippen molar-refractivity contribution >= 4 is 18.5 Å². The van der Waals surface area contributed by atoms with Crippen LogP contribution in [0.3, 0.4) is 0 Å². The highest BCUT2D eigenvalue weighted by atomic mass is 32.1. The number of thiol groups is 1. The van der Waals surface area contributed by atoms with Crippen LogP contribution < -0.4 is 0 Å². The van der Waals surface area contributed by atoms with Crippen LogP contribution in [-0.2, 0) is 0 Å². The van der Waals surface area contributed by atoms with Gasteiger partial charge in [-0.25, -0.2) is 0 Å². The second kappa shape index (κ2) is 6.93. The van der Waals surface area contributed by atoms with E-state index >= 15 is 0 Å². The fourth-order valence-corrected chi connectivity index (χ4v) is 2.62. The van der Waals surface area contributed by atoms with Gasteiger partial charge < -0.3 is 10.0 Å². The van der Waals surface area contributed by atoms with Crippen LogP contribution in [0.15, 0.2) is 29.2 Å². The van der Waals surface area contributed by atoms with E-state index in [0.29, 0.717) is 18.7 Å². The third kappa shape index (κ3) is 3.72. The molecule has 0 aliphatic carbocycles. The van der Waals surface area contributed by atoms with Crippen molar-refractivity contribution in [2.75, 3.05) is 39.3 Å². The van der Waals surface area contributed by atoms with Gasteiger partial charge in [0.05, 0.1) is 12.2 Å². The summed E-state index contributed by atoms with van der Waals surface area (Å²) in [6.07, 6.45) is 0.945. The van der Waals surface area contributed by atoms with Crippen LogP contribution in [-0.4, -0.2) is 60.1 Å². The van der Waals surface area contributed by atoms with Crippen molar-refractivity contribution in [3.05, 3.63) is 29.8 Å². The summed E-state index contributed by atoms with van der Waals surface area (Å²) in [5.41, 5.74) is 0.668. The molecule has 1 aliphatic heterocycles. The normalized spacial score (nSPS) is 17.3. The summed E-state index contributed by atoms with van der Waals surface area (Å²) in [7, 11) is 0. The Morgan fingerprint density at radius 3 is 2.74 bits per heavy atom. The van der Waals surface area contributed by atoms with Gasteiger partial charge in [0.1, 0.15) is 0 Å². The Kier molecular flexibility index (Phi) is 5.24. The molecule has 5 heteroatoms. The number of carbonyl (C=O) groups excluding carboxylic acids is 1. The summed E-state index contributed by atoms with van der Waals surface area (Å²) in [6.45, 7) is 4.09. The number of nitrogens with zero attached hydrogens (tertiary/aromatic N) is 2. The lowest BCUT2D eigenvalue weighted by molar-refractivity contribution is 0.0757. The van der Waals surface area contributed by atoms with Crippen molar-refractivity contribution in [1.29, 1.82) is 0 Å². The number of hydrogen-bond acceptors (Lipinski definition) is 4. The first-order valence-electron chi connectivity index (χ1n) is 6.63. The molecule has 1 amide bonds. The summed E-state index contributed by atoms with van der Waals surface area (Å²) in [5, 5.41) is 8.97. The van der Waals surface area contributed by atoms with Gasteiger partial charge in [-0.3, -0.25) is 9.69 Å². The van der Waals surface area contributed by atoms with Crippen molar-refractivity contribution in [3.8, 4) is 0 Å². The van der Waals surface area contributed by atoms with E-state index in [0.717, 1.165) is 31.0 Å². The Morgan fingerprint density at radius 1 is 1.21 bits per heavy atom. The summed E-state index contributed by atoms with van der Waals surface area (Å²) in [5.74, 6) is 0.0523. The number of hydrogen-bond donors (Lipinski definition) is 2. The average molecular weight is 280 g/mol. The molecule has 1 heterocycles. The summed E-state index contributed by atoms with van der Waals surface area (Å²) < 4.78 is 0.